The first-order valence-corrected chi connectivity index (χ1v) is 14.3. The quantitative estimate of drug-likeness (QED) is 0.456. The van der Waals surface area contributed by atoms with E-state index in [2.05, 4.69) is 34.7 Å². The van der Waals surface area contributed by atoms with Gasteiger partial charge in [-0.3, -0.25) is 9.59 Å². The van der Waals surface area contributed by atoms with Crippen molar-refractivity contribution in [3.05, 3.63) is 113 Å². The molecule has 3 aliphatic rings. The molecule has 2 aromatic carbocycles. The lowest BCUT2D eigenvalue weighted by molar-refractivity contribution is -0.115. The Hall–Kier alpha value is -3.94. The molecule has 1 aromatic heterocycles. The molecule has 1 saturated heterocycles. The third-order valence-electron chi connectivity index (χ3n) is 9.07. The van der Waals surface area contributed by atoms with Crippen LogP contribution in [0.2, 0.25) is 0 Å². The van der Waals surface area contributed by atoms with Crippen molar-refractivity contribution in [3.63, 3.8) is 0 Å². The zero-order valence-corrected chi connectivity index (χ0v) is 24.3. The second-order valence-electron chi connectivity index (χ2n) is 11.7. The number of carbonyl (C=O) groups is 2. The van der Waals surface area contributed by atoms with Gasteiger partial charge in [-0.25, -0.2) is 0 Å². The van der Waals surface area contributed by atoms with Crippen LogP contribution in [0.25, 0.3) is 0 Å². The fourth-order valence-electron chi connectivity index (χ4n) is 6.52. The number of amides is 2. The number of ether oxygens (including phenoxy) is 1. The van der Waals surface area contributed by atoms with Crippen molar-refractivity contribution in [1.29, 1.82) is 0 Å². The number of methoxy groups -OCH3 is 1. The molecule has 1 fully saturated rings. The first kappa shape index (κ1) is 27.2. The average Bonchev–Trinajstić information content (AvgIpc) is 3.57. The summed E-state index contributed by atoms with van der Waals surface area (Å²) in [4.78, 5) is 33.9. The lowest BCUT2D eigenvalue weighted by atomic mass is 9.78. The number of likely N-dealkylation sites (N-methyl/N-ethyl adjacent to an activating group) is 2. The van der Waals surface area contributed by atoms with Gasteiger partial charge in [-0.2, -0.15) is 0 Å². The highest BCUT2D eigenvalue weighted by atomic mass is 16.5. The van der Waals surface area contributed by atoms with Crippen molar-refractivity contribution >= 4 is 17.5 Å². The summed E-state index contributed by atoms with van der Waals surface area (Å²) < 4.78 is 8.10. The van der Waals surface area contributed by atoms with Crippen LogP contribution in [-0.2, 0) is 22.6 Å². The number of anilines is 1. The molecule has 0 N–H and O–H groups in total. The molecule has 0 radical (unpaired) electrons. The summed E-state index contributed by atoms with van der Waals surface area (Å²) >= 11 is 0. The summed E-state index contributed by atoms with van der Waals surface area (Å²) in [5.41, 5.74) is 4.53. The summed E-state index contributed by atoms with van der Waals surface area (Å²) in [6.07, 6.45) is 6.94. The highest BCUT2D eigenvalue weighted by molar-refractivity contribution is 6.08. The van der Waals surface area contributed by atoms with Gasteiger partial charge in [0.15, 0.2) is 0 Å². The van der Waals surface area contributed by atoms with Crippen molar-refractivity contribution in [2.75, 3.05) is 39.2 Å². The predicted octanol–water partition coefficient (Wildman–Crippen LogP) is 4.84. The first-order chi connectivity index (χ1) is 19.8. The van der Waals surface area contributed by atoms with E-state index in [1.165, 1.54) is 0 Å². The van der Waals surface area contributed by atoms with Crippen molar-refractivity contribution in [2.45, 2.75) is 44.0 Å². The number of nitrogens with zero attached hydrogens (tertiary/aromatic N) is 4. The van der Waals surface area contributed by atoms with E-state index in [4.69, 9.17) is 4.74 Å². The van der Waals surface area contributed by atoms with E-state index in [9.17, 15) is 9.59 Å². The van der Waals surface area contributed by atoms with E-state index in [1.54, 1.807) is 7.11 Å². The Balaban J connectivity index is 1.32. The molecule has 0 spiro atoms. The Labute approximate surface area is 242 Å². The molecule has 0 bridgehead atoms. The van der Waals surface area contributed by atoms with Crippen LogP contribution in [0.5, 0.6) is 0 Å². The molecule has 6 rings (SSSR count). The molecule has 212 valence electrons. The maximum absolute atomic E-state index is 14.2. The van der Waals surface area contributed by atoms with Gasteiger partial charge in [0, 0.05) is 49.6 Å². The zero-order chi connectivity index (χ0) is 28.7. The SMILES string of the molecule is COC1(C)C=C(C(=O)N2Cc3ccc(C(=O)N(C)C4CCN(C)C4)n3Cc3ccccc32)C=CC1c1ccccc1. The Morgan fingerprint density at radius 2 is 1.76 bits per heavy atom. The number of carbonyl (C=O) groups excluding carboxylic acids is 2. The minimum Gasteiger partial charge on any atom is -0.373 e. The van der Waals surface area contributed by atoms with Crippen LogP contribution in [0.3, 0.4) is 0 Å². The lowest BCUT2D eigenvalue weighted by Gasteiger charge is -2.36. The first-order valence-electron chi connectivity index (χ1n) is 14.3. The van der Waals surface area contributed by atoms with Gasteiger partial charge < -0.3 is 24.0 Å². The van der Waals surface area contributed by atoms with Gasteiger partial charge in [0.05, 0.1) is 18.7 Å². The predicted molar refractivity (Wildman–Crippen MR) is 161 cm³/mol. The summed E-state index contributed by atoms with van der Waals surface area (Å²) in [5.74, 6) is -0.0733. The van der Waals surface area contributed by atoms with Crippen molar-refractivity contribution in [2.24, 2.45) is 0 Å². The van der Waals surface area contributed by atoms with E-state index in [-0.39, 0.29) is 23.8 Å². The van der Waals surface area contributed by atoms with Crippen molar-refractivity contribution in [3.8, 4) is 0 Å². The van der Waals surface area contributed by atoms with Crippen LogP contribution in [0.1, 0.15) is 46.6 Å². The molecule has 2 aliphatic heterocycles. The summed E-state index contributed by atoms with van der Waals surface area (Å²) in [6.45, 7) is 4.81. The molecule has 1 aliphatic carbocycles. The van der Waals surface area contributed by atoms with E-state index >= 15 is 0 Å². The Bertz CT molecular complexity index is 1520. The number of aromatic nitrogens is 1. The fraction of sp³-hybridized carbons (Fsp3) is 0.353. The van der Waals surface area contributed by atoms with Crippen LogP contribution in [-0.4, -0.2) is 72.1 Å². The minimum atomic E-state index is -0.675. The van der Waals surface area contributed by atoms with E-state index in [0.29, 0.717) is 24.4 Å². The third kappa shape index (κ3) is 4.94. The smallest absolute Gasteiger partial charge is 0.270 e. The molecular formula is C34H38N4O3. The third-order valence-corrected chi connectivity index (χ3v) is 9.07. The van der Waals surface area contributed by atoms with Gasteiger partial charge in [0.25, 0.3) is 11.8 Å². The second kappa shape index (κ2) is 10.8. The number of benzene rings is 2. The van der Waals surface area contributed by atoms with E-state index < -0.39 is 5.60 Å². The average molecular weight is 551 g/mol. The molecule has 7 heteroatoms. The minimum absolute atomic E-state index is 0.0101. The largest absolute Gasteiger partial charge is 0.373 e. The van der Waals surface area contributed by atoms with Crippen molar-refractivity contribution in [1.82, 2.24) is 14.4 Å². The molecule has 3 heterocycles. The molecular weight excluding hydrogens is 512 g/mol. The summed E-state index contributed by atoms with van der Waals surface area (Å²) in [5, 5.41) is 0. The van der Waals surface area contributed by atoms with Gasteiger partial charge in [-0.15, -0.1) is 0 Å². The van der Waals surface area contributed by atoms with Gasteiger partial charge in [-0.05, 0) is 62.3 Å². The molecule has 3 unspecified atom stereocenters. The molecule has 41 heavy (non-hydrogen) atoms. The van der Waals surface area contributed by atoms with Crippen LogP contribution < -0.4 is 4.90 Å². The fourth-order valence-corrected chi connectivity index (χ4v) is 6.52. The standard InChI is InChI=1S/C34H38N4O3/c1-34(41-4)20-25(14-16-29(34)24-10-6-5-7-11-24)32(39)38-23-28-15-17-31(33(40)36(3)27-18-19-35(2)22-27)37(28)21-26-12-8-9-13-30(26)38/h5-17,20,27,29H,18-19,21-23H2,1-4H3. The van der Waals surface area contributed by atoms with Crippen LogP contribution in [0, 0.1) is 0 Å². The molecule has 7 nitrogen and oxygen atoms in total. The highest BCUT2D eigenvalue weighted by Crippen LogP contribution is 2.39. The second-order valence-corrected chi connectivity index (χ2v) is 11.7. The maximum atomic E-state index is 14.2. The monoisotopic (exact) mass is 550 g/mol. The van der Waals surface area contributed by atoms with Crippen LogP contribution in [0.15, 0.2) is 90.5 Å². The molecule has 3 atom stereocenters. The summed E-state index contributed by atoms with van der Waals surface area (Å²) in [7, 11) is 5.70. The highest BCUT2D eigenvalue weighted by Gasteiger charge is 2.37. The van der Waals surface area contributed by atoms with Gasteiger partial charge >= 0.3 is 0 Å². The van der Waals surface area contributed by atoms with E-state index in [1.807, 2.05) is 90.5 Å². The summed E-state index contributed by atoms with van der Waals surface area (Å²) in [6, 6.07) is 22.3. The number of hydrogen-bond acceptors (Lipinski definition) is 4. The Kier molecular flexibility index (Phi) is 7.18. The van der Waals surface area contributed by atoms with Crippen molar-refractivity contribution < 1.29 is 14.3 Å². The number of rotatable bonds is 5. The van der Waals surface area contributed by atoms with Gasteiger partial charge in [0.2, 0.25) is 0 Å². The normalized spacial score (nSPS) is 23.9. The van der Waals surface area contributed by atoms with Gasteiger partial charge in [0.1, 0.15) is 5.69 Å². The Morgan fingerprint density at radius 1 is 1.00 bits per heavy atom. The van der Waals surface area contributed by atoms with Crippen LogP contribution in [0.4, 0.5) is 5.69 Å². The molecule has 2 amide bonds. The Morgan fingerprint density at radius 3 is 2.49 bits per heavy atom. The maximum Gasteiger partial charge on any atom is 0.270 e. The molecule has 3 aromatic rings. The zero-order valence-electron chi connectivity index (χ0n) is 24.3. The lowest BCUT2D eigenvalue weighted by Crippen LogP contribution is -2.39. The number of fused-ring (bicyclic) bond motifs is 2. The number of likely N-dealkylation sites (tertiary alicyclic amines) is 1. The topological polar surface area (TPSA) is 58.0 Å². The number of para-hydroxylation sites is 1. The number of hydrogen-bond donors (Lipinski definition) is 0. The van der Waals surface area contributed by atoms with Crippen LogP contribution >= 0.6 is 0 Å². The molecule has 0 saturated carbocycles. The van der Waals surface area contributed by atoms with Gasteiger partial charge in [-0.1, -0.05) is 60.7 Å². The van der Waals surface area contributed by atoms with E-state index in [0.717, 1.165) is 42.0 Å².